The highest BCUT2D eigenvalue weighted by Crippen LogP contribution is 2.64. The Morgan fingerprint density at radius 3 is 2.41 bits per heavy atom. The number of para-hydroxylation sites is 3. The van der Waals surface area contributed by atoms with Gasteiger partial charge in [0.25, 0.3) is 0 Å². The quantitative estimate of drug-likeness (QED) is 0.233. The van der Waals surface area contributed by atoms with Crippen LogP contribution in [0, 0.1) is 5.92 Å². The average molecular weight is 410 g/mol. The minimum atomic E-state index is -0.140. The number of allylic oxidation sites excluding steroid dienone is 2. The minimum Gasteiger partial charge on any atom is -0.309 e. The zero-order valence-corrected chi connectivity index (χ0v) is 17.8. The monoisotopic (exact) mass is 409 g/mol. The standard InChI is InChI=1S/C31H23N/c1-4-14-24-20(10-1)21-11-2-5-15-25(21)31(24)26-16-6-8-19-29(26)32-28-18-7-3-12-22(28)23-13-9-17-27(31)30(23)32/h1,3-10,12-19,21,25H,2,11H2. The molecule has 2 heterocycles. The van der Waals surface area contributed by atoms with Crippen molar-refractivity contribution in [1.29, 1.82) is 0 Å². The topological polar surface area (TPSA) is 4.93 Å². The highest BCUT2D eigenvalue weighted by Gasteiger charge is 2.56. The van der Waals surface area contributed by atoms with E-state index in [-0.39, 0.29) is 5.41 Å². The van der Waals surface area contributed by atoms with E-state index in [2.05, 4.69) is 108 Å². The molecule has 152 valence electrons. The van der Waals surface area contributed by atoms with Gasteiger partial charge in [0.05, 0.1) is 22.1 Å². The van der Waals surface area contributed by atoms with E-state index in [0.29, 0.717) is 11.8 Å². The van der Waals surface area contributed by atoms with Crippen molar-refractivity contribution < 1.29 is 0 Å². The zero-order chi connectivity index (χ0) is 20.9. The number of fused-ring (bicyclic) bond motifs is 12. The Morgan fingerprint density at radius 1 is 0.688 bits per heavy atom. The Balaban J connectivity index is 1.65. The molecule has 1 spiro atoms. The van der Waals surface area contributed by atoms with Crippen LogP contribution in [0.15, 0.2) is 103 Å². The molecule has 0 saturated carbocycles. The molecule has 0 saturated heterocycles. The first-order valence-electron chi connectivity index (χ1n) is 11.8. The van der Waals surface area contributed by atoms with Gasteiger partial charge in [-0.3, -0.25) is 0 Å². The Morgan fingerprint density at radius 2 is 1.44 bits per heavy atom. The highest BCUT2D eigenvalue weighted by atomic mass is 15.0. The fraction of sp³-hybridized carbons (Fsp3) is 0.161. The Bertz CT molecular complexity index is 1600. The molecule has 4 aromatic carbocycles. The predicted octanol–water partition coefficient (Wildman–Crippen LogP) is 7.49. The number of aromatic nitrogens is 1. The summed E-state index contributed by atoms with van der Waals surface area (Å²) in [5.74, 6) is 1.03. The lowest BCUT2D eigenvalue weighted by Gasteiger charge is -2.43. The molecule has 1 heteroatoms. The van der Waals surface area contributed by atoms with Gasteiger partial charge in [-0.25, -0.2) is 0 Å². The molecular weight excluding hydrogens is 386 g/mol. The molecule has 5 aromatic rings. The summed E-state index contributed by atoms with van der Waals surface area (Å²) in [6, 6.07) is 34.4. The van der Waals surface area contributed by atoms with Gasteiger partial charge in [-0.15, -0.1) is 0 Å². The molecule has 2 aliphatic carbocycles. The van der Waals surface area contributed by atoms with Crippen LogP contribution < -0.4 is 0 Å². The van der Waals surface area contributed by atoms with Crippen LogP contribution in [0.4, 0.5) is 0 Å². The summed E-state index contributed by atoms with van der Waals surface area (Å²) in [4.78, 5) is 0. The number of benzene rings is 4. The molecule has 1 aliphatic heterocycles. The number of hydrogen-bond donors (Lipinski definition) is 0. The number of rotatable bonds is 0. The maximum Gasteiger partial charge on any atom is 0.0585 e. The van der Waals surface area contributed by atoms with Crippen molar-refractivity contribution in [1.82, 2.24) is 4.57 Å². The van der Waals surface area contributed by atoms with E-state index in [9.17, 15) is 0 Å². The van der Waals surface area contributed by atoms with Crippen LogP contribution in [0.25, 0.3) is 27.5 Å². The molecule has 0 N–H and O–H groups in total. The van der Waals surface area contributed by atoms with Crippen molar-refractivity contribution in [2.24, 2.45) is 5.92 Å². The SMILES string of the molecule is C1=CC2C(CC1)c1ccccc1C21c2ccccc2-n2c3ccccc3c3cccc1c32. The lowest BCUT2D eigenvalue weighted by Crippen LogP contribution is -2.39. The largest absolute Gasteiger partial charge is 0.309 e. The molecule has 1 nitrogen and oxygen atoms in total. The summed E-state index contributed by atoms with van der Waals surface area (Å²) < 4.78 is 2.53. The van der Waals surface area contributed by atoms with Crippen molar-refractivity contribution in [2.45, 2.75) is 24.2 Å². The Hall–Kier alpha value is -3.58. The average Bonchev–Trinajstić information content (AvgIpc) is 3.35. The van der Waals surface area contributed by atoms with E-state index >= 15 is 0 Å². The van der Waals surface area contributed by atoms with E-state index in [1.54, 1.807) is 5.56 Å². The summed E-state index contributed by atoms with van der Waals surface area (Å²) in [6.45, 7) is 0. The molecule has 0 amide bonds. The second-order valence-electron chi connectivity index (χ2n) is 9.60. The van der Waals surface area contributed by atoms with Gasteiger partial charge in [-0.05, 0) is 53.1 Å². The Labute approximate surface area is 187 Å². The predicted molar refractivity (Wildman–Crippen MR) is 132 cm³/mol. The van der Waals surface area contributed by atoms with Crippen molar-refractivity contribution in [3.63, 3.8) is 0 Å². The van der Waals surface area contributed by atoms with Crippen LogP contribution in [-0.4, -0.2) is 4.57 Å². The molecule has 32 heavy (non-hydrogen) atoms. The minimum absolute atomic E-state index is 0.140. The van der Waals surface area contributed by atoms with Gasteiger partial charge in [0.15, 0.2) is 0 Å². The van der Waals surface area contributed by atoms with Crippen LogP contribution in [0.2, 0.25) is 0 Å². The lowest BCUT2D eigenvalue weighted by molar-refractivity contribution is 0.391. The third-order valence-electron chi connectivity index (χ3n) is 8.40. The van der Waals surface area contributed by atoms with Gasteiger partial charge < -0.3 is 4.57 Å². The van der Waals surface area contributed by atoms with E-state index in [0.717, 1.165) is 0 Å². The molecule has 0 fully saturated rings. The van der Waals surface area contributed by atoms with Gasteiger partial charge in [-0.1, -0.05) is 91.0 Å². The van der Waals surface area contributed by atoms with Gasteiger partial charge in [0.1, 0.15) is 0 Å². The number of nitrogens with zero attached hydrogens (tertiary/aromatic N) is 1. The molecule has 8 rings (SSSR count). The highest BCUT2D eigenvalue weighted by molar-refractivity contribution is 6.12. The molecule has 0 radical (unpaired) electrons. The summed E-state index contributed by atoms with van der Waals surface area (Å²) >= 11 is 0. The van der Waals surface area contributed by atoms with Crippen LogP contribution in [0.5, 0.6) is 0 Å². The second kappa shape index (κ2) is 5.81. The van der Waals surface area contributed by atoms with Gasteiger partial charge in [-0.2, -0.15) is 0 Å². The van der Waals surface area contributed by atoms with E-state index < -0.39 is 0 Å². The summed E-state index contributed by atoms with van der Waals surface area (Å²) in [5.41, 5.74) is 9.88. The number of hydrogen-bond acceptors (Lipinski definition) is 0. The second-order valence-corrected chi connectivity index (χ2v) is 9.60. The molecule has 3 atom stereocenters. The van der Waals surface area contributed by atoms with Crippen LogP contribution >= 0.6 is 0 Å². The Kier molecular flexibility index (Phi) is 3.09. The van der Waals surface area contributed by atoms with Gasteiger partial charge >= 0.3 is 0 Å². The zero-order valence-electron chi connectivity index (χ0n) is 17.8. The van der Waals surface area contributed by atoms with Crippen molar-refractivity contribution >= 4 is 21.8 Å². The first kappa shape index (κ1) is 17.0. The molecule has 3 unspecified atom stereocenters. The van der Waals surface area contributed by atoms with Gasteiger partial charge in [0.2, 0.25) is 0 Å². The van der Waals surface area contributed by atoms with Crippen LogP contribution in [-0.2, 0) is 5.41 Å². The summed E-state index contributed by atoms with van der Waals surface area (Å²) in [7, 11) is 0. The van der Waals surface area contributed by atoms with E-state index in [1.165, 1.54) is 57.0 Å². The molecule has 3 aliphatic rings. The van der Waals surface area contributed by atoms with Crippen molar-refractivity contribution in [2.75, 3.05) is 0 Å². The first-order valence-corrected chi connectivity index (χ1v) is 11.8. The maximum absolute atomic E-state index is 2.54. The third kappa shape index (κ3) is 1.76. The summed E-state index contributed by atoms with van der Waals surface area (Å²) in [5, 5.41) is 2.71. The van der Waals surface area contributed by atoms with Crippen LogP contribution in [0.3, 0.4) is 0 Å². The summed E-state index contributed by atoms with van der Waals surface area (Å²) in [6.07, 6.45) is 7.39. The molecule has 0 bridgehead atoms. The van der Waals surface area contributed by atoms with Crippen molar-refractivity contribution in [3.05, 3.63) is 125 Å². The fourth-order valence-electron chi connectivity index (χ4n) is 7.37. The smallest absolute Gasteiger partial charge is 0.0585 e. The maximum atomic E-state index is 2.54. The fourth-order valence-corrected chi connectivity index (χ4v) is 7.37. The van der Waals surface area contributed by atoms with E-state index in [1.807, 2.05) is 0 Å². The van der Waals surface area contributed by atoms with Crippen LogP contribution in [0.1, 0.15) is 41.0 Å². The third-order valence-corrected chi connectivity index (χ3v) is 8.40. The van der Waals surface area contributed by atoms with Crippen molar-refractivity contribution in [3.8, 4) is 5.69 Å². The molecule has 1 aromatic heterocycles. The first-order chi connectivity index (χ1) is 15.9. The van der Waals surface area contributed by atoms with Gasteiger partial charge in [0, 0.05) is 16.7 Å². The van der Waals surface area contributed by atoms with E-state index in [4.69, 9.17) is 0 Å². The normalized spacial score (nSPS) is 24.6. The lowest BCUT2D eigenvalue weighted by atomic mass is 9.61. The molecular formula is C31H23N.